The highest BCUT2D eigenvalue weighted by Gasteiger charge is 2.04. The van der Waals surface area contributed by atoms with Gasteiger partial charge >= 0.3 is 0 Å². The van der Waals surface area contributed by atoms with Crippen molar-refractivity contribution in [1.82, 2.24) is 5.32 Å². The minimum absolute atomic E-state index is 0.00705. The number of carbonyl (C=O) groups is 1. The van der Waals surface area contributed by atoms with Crippen LogP contribution in [-0.2, 0) is 0 Å². The lowest BCUT2D eigenvalue weighted by atomic mass is 10.1. The van der Waals surface area contributed by atoms with Crippen LogP contribution in [0.5, 0.6) is 5.75 Å². The summed E-state index contributed by atoms with van der Waals surface area (Å²) in [6.07, 6.45) is 11.7. The summed E-state index contributed by atoms with van der Waals surface area (Å²) in [5, 5.41) is 2.99. The Morgan fingerprint density at radius 1 is 0.870 bits per heavy atom. The molecule has 0 aliphatic rings. The van der Waals surface area contributed by atoms with E-state index in [9.17, 15) is 4.79 Å². The third kappa shape index (κ3) is 9.27. The molecule has 0 saturated carbocycles. The first-order chi connectivity index (χ1) is 11.3. The standard InChI is InChI=1S/C20H33NO2/c1-3-5-6-7-8-9-10-11-12-17-21-20(22)18-13-15-19(16-14-18)23-4-2/h13-16H,3-12,17H2,1-2H3,(H,21,22). The molecule has 3 nitrogen and oxygen atoms in total. The average molecular weight is 319 g/mol. The number of carbonyl (C=O) groups excluding carboxylic acids is 1. The Morgan fingerprint density at radius 3 is 2.00 bits per heavy atom. The highest BCUT2D eigenvalue weighted by molar-refractivity contribution is 5.94. The zero-order valence-corrected chi connectivity index (χ0v) is 14.9. The first kappa shape index (κ1) is 19.5. The largest absolute Gasteiger partial charge is 0.494 e. The highest BCUT2D eigenvalue weighted by Crippen LogP contribution is 2.12. The fourth-order valence-electron chi connectivity index (χ4n) is 2.61. The van der Waals surface area contributed by atoms with E-state index in [1.54, 1.807) is 0 Å². The quantitative estimate of drug-likeness (QED) is 0.498. The Bertz CT molecular complexity index is 414. The van der Waals surface area contributed by atoms with Crippen LogP contribution in [0.15, 0.2) is 24.3 Å². The molecule has 1 rings (SSSR count). The summed E-state index contributed by atoms with van der Waals surface area (Å²) in [5.74, 6) is 0.815. The van der Waals surface area contributed by atoms with Crippen molar-refractivity contribution in [2.75, 3.05) is 13.2 Å². The minimum Gasteiger partial charge on any atom is -0.494 e. The summed E-state index contributed by atoms with van der Waals surface area (Å²) in [6.45, 7) is 5.61. The molecule has 130 valence electrons. The second-order valence-corrected chi connectivity index (χ2v) is 6.04. The van der Waals surface area contributed by atoms with Crippen LogP contribution in [0.2, 0.25) is 0 Å². The first-order valence-corrected chi connectivity index (χ1v) is 9.29. The van der Waals surface area contributed by atoms with Crippen molar-refractivity contribution in [3.8, 4) is 5.75 Å². The molecule has 0 aromatic heterocycles. The average Bonchev–Trinajstić information content (AvgIpc) is 2.57. The van der Waals surface area contributed by atoms with Crippen molar-refractivity contribution >= 4 is 5.91 Å². The molecule has 0 saturated heterocycles. The molecule has 0 unspecified atom stereocenters. The van der Waals surface area contributed by atoms with Gasteiger partial charge in [-0.15, -0.1) is 0 Å². The molecule has 3 heteroatoms. The van der Waals surface area contributed by atoms with Gasteiger partial charge in [-0.1, -0.05) is 58.3 Å². The van der Waals surface area contributed by atoms with Crippen LogP contribution in [0.1, 0.15) is 82.0 Å². The topological polar surface area (TPSA) is 38.3 Å². The van der Waals surface area contributed by atoms with Crippen LogP contribution in [-0.4, -0.2) is 19.1 Å². The van der Waals surface area contributed by atoms with E-state index in [4.69, 9.17) is 4.74 Å². The maximum absolute atomic E-state index is 12.0. The molecule has 0 aliphatic heterocycles. The number of hydrogen-bond acceptors (Lipinski definition) is 2. The van der Waals surface area contributed by atoms with Crippen LogP contribution in [0.25, 0.3) is 0 Å². The van der Waals surface area contributed by atoms with Gasteiger partial charge < -0.3 is 10.1 Å². The van der Waals surface area contributed by atoms with Crippen molar-refractivity contribution in [3.05, 3.63) is 29.8 Å². The number of unbranched alkanes of at least 4 members (excludes halogenated alkanes) is 8. The van der Waals surface area contributed by atoms with Crippen molar-refractivity contribution in [2.45, 2.75) is 71.6 Å². The van der Waals surface area contributed by atoms with Gasteiger partial charge in [-0.05, 0) is 37.6 Å². The van der Waals surface area contributed by atoms with Gasteiger partial charge in [0.1, 0.15) is 5.75 Å². The smallest absolute Gasteiger partial charge is 0.251 e. The monoisotopic (exact) mass is 319 g/mol. The molecule has 0 spiro atoms. The molecule has 1 aromatic rings. The second kappa shape index (κ2) is 13.0. The normalized spacial score (nSPS) is 10.5. The lowest BCUT2D eigenvalue weighted by molar-refractivity contribution is 0.0953. The molecule has 0 radical (unpaired) electrons. The van der Waals surface area contributed by atoms with Gasteiger partial charge in [-0.25, -0.2) is 0 Å². The Balaban J connectivity index is 2.03. The molecule has 1 aromatic carbocycles. The minimum atomic E-state index is 0.00705. The van der Waals surface area contributed by atoms with Crippen molar-refractivity contribution < 1.29 is 9.53 Å². The van der Waals surface area contributed by atoms with Crippen molar-refractivity contribution in [1.29, 1.82) is 0 Å². The van der Waals surface area contributed by atoms with E-state index < -0.39 is 0 Å². The van der Waals surface area contributed by atoms with E-state index in [1.165, 1.54) is 51.4 Å². The summed E-state index contributed by atoms with van der Waals surface area (Å²) < 4.78 is 5.38. The van der Waals surface area contributed by atoms with Gasteiger partial charge in [0.15, 0.2) is 0 Å². The lowest BCUT2D eigenvalue weighted by Gasteiger charge is -2.07. The number of hydrogen-bond donors (Lipinski definition) is 1. The van der Waals surface area contributed by atoms with Crippen LogP contribution in [0, 0.1) is 0 Å². The van der Waals surface area contributed by atoms with Crippen molar-refractivity contribution in [2.24, 2.45) is 0 Å². The number of ether oxygens (including phenoxy) is 1. The Morgan fingerprint density at radius 2 is 1.43 bits per heavy atom. The second-order valence-electron chi connectivity index (χ2n) is 6.04. The van der Waals surface area contributed by atoms with Crippen molar-refractivity contribution in [3.63, 3.8) is 0 Å². The molecule has 0 aliphatic carbocycles. The molecule has 0 bridgehead atoms. The van der Waals surface area contributed by atoms with Crippen LogP contribution >= 0.6 is 0 Å². The molecular formula is C20H33NO2. The first-order valence-electron chi connectivity index (χ1n) is 9.29. The SMILES string of the molecule is CCCCCCCCCCCNC(=O)c1ccc(OCC)cc1. The zero-order chi connectivity index (χ0) is 16.8. The van der Waals surface area contributed by atoms with E-state index >= 15 is 0 Å². The fourth-order valence-corrected chi connectivity index (χ4v) is 2.61. The molecule has 0 fully saturated rings. The van der Waals surface area contributed by atoms with Crippen LogP contribution in [0.3, 0.4) is 0 Å². The molecule has 1 N–H and O–H groups in total. The predicted molar refractivity (Wildman–Crippen MR) is 97.2 cm³/mol. The highest BCUT2D eigenvalue weighted by atomic mass is 16.5. The predicted octanol–water partition coefficient (Wildman–Crippen LogP) is 5.35. The summed E-state index contributed by atoms with van der Waals surface area (Å²) >= 11 is 0. The van der Waals surface area contributed by atoms with Crippen LogP contribution < -0.4 is 10.1 Å². The van der Waals surface area contributed by atoms with E-state index in [2.05, 4.69) is 12.2 Å². The molecule has 23 heavy (non-hydrogen) atoms. The third-order valence-electron chi connectivity index (χ3n) is 3.99. The Kier molecular flexibility index (Phi) is 11.0. The molecular weight excluding hydrogens is 286 g/mol. The number of benzene rings is 1. The summed E-state index contributed by atoms with van der Waals surface area (Å²) in [5.41, 5.74) is 0.698. The molecule has 0 atom stereocenters. The third-order valence-corrected chi connectivity index (χ3v) is 3.99. The lowest BCUT2D eigenvalue weighted by Crippen LogP contribution is -2.24. The number of nitrogens with one attached hydrogen (secondary N) is 1. The fraction of sp³-hybridized carbons (Fsp3) is 0.650. The van der Waals surface area contributed by atoms with Gasteiger partial charge in [0, 0.05) is 12.1 Å². The summed E-state index contributed by atoms with van der Waals surface area (Å²) in [6, 6.07) is 7.32. The number of rotatable bonds is 13. The Hall–Kier alpha value is -1.51. The van der Waals surface area contributed by atoms with Crippen LogP contribution in [0.4, 0.5) is 0 Å². The van der Waals surface area contributed by atoms with Gasteiger partial charge in [-0.3, -0.25) is 4.79 Å². The van der Waals surface area contributed by atoms with E-state index in [0.29, 0.717) is 12.2 Å². The van der Waals surface area contributed by atoms with Gasteiger partial charge in [-0.2, -0.15) is 0 Å². The summed E-state index contributed by atoms with van der Waals surface area (Å²) in [4.78, 5) is 12.0. The Labute approximate surface area is 141 Å². The molecule has 1 amide bonds. The zero-order valence-electron chi connectivity index (χ0n) is 14.9. The van der Waals surface area contributed by atoms with E-state index in [1.807, 2.05) is 31.2 Å². The van der Waals surface area contributed by atoms with Gasteiger partial charge in [0.05, 0.1) is 6.61 Å². The number of amides is 1. The van der Waals surface area contributed by atoms with Gasteiger partial charge in [0.25, 0.3) is 5.91 Å². The maximum atomic E-state index is 12.0. The van der Waals surface area contributed by atoms with E-state index in [0.717, 1.165) is 18.7 Å². The van der Waals surface area contributed by atoms with Gasteiger partial charge in [0.2, 0.25) is 0 Å². The maximum Gasteiger partial charge on any atom is 0.251 e. The molecule has 0 heterocycles. The van der Waals surface area contributed by atoms with E-state index in [-0.39, 0.29) is 5.91 Å². The summed E-state index contributed by atoms with van der Waals surface area (Å²) in [7, 11) is 0.